The average molecular weight is 525 g/mol. The molecule has 2 heterocycles. The first kappa shape index (κ1) is 25.5. The van der Waals surface area contributed by atoms with Crippen molar-refractivity contribution in [2.45, 2.75) is 30.9 Å². The lowest BCUT2D eigenvalue weighted by Crippen LogP contribution is -2.70. The molecular weight excluding hydrogens is 496 g/mol. The van der Waals surface area contributed by atoms with Crippen LogP contribution < -0.4 is 5.32 Å². The Labute approximate surface area is 226 Å². The van der Waals surface area contributed by atoms with Gasteiger partial charge in [0.15, 0.2) is 6.10 Å². The van der Waals surface area contributed by atoms with E-state index < -0.39 is 18.1 Å². The van der Waals surface area contributed by atoms with E-state index in [4.69, 9.17) is 4.74 Å². The van der Waals surface area contributed by atoms with Crippen LogP contribution in [0.4, 0.5) is 0 Å². The Morgan fingerprint density at radius 2 is 1.55 bits per heavy atom. The van der Waals surface area contributed by atoms with Crippen LogP contribution in [0.5, 0.6) is 0 Å². The lowest BCUT2D eigenvalue weighted by Gasteiger charge is -2.49. The van der Waals surface area contributed by atoms with Gasteiger partial charge in [-0.15, -0.1) is 11.8 Å². The minimum absolute atomic E-state index is 0.187. The van der Waals surface area contributed by atoms with Crippen molar-refractivity contribution >= 4 is 29.5 Å². The highest BCUT2D eigenvalue weighted by Crippen LogP contribution is 2.42. The molecule has 6 nitrogen and oxygen atoms in total. The Balaban J connectivity index is 1.37. The molecule has 5 rings (SSSR count). The van der Waals surface area contributed by atoms with Crippen molar-refractivity contribution in [1.82, 2.24) is 10.2 Å². The number of amides is 2. The van der Waals surface area contributed by atoms with Crippen molar-refractivity contribution in [2.75, 3.05) is 5.75 Å². The number of nitrogens with one attached hydrogen (secondary N) is 1. The monoisotopic (exact) mass is 524 g/mol. The predicted molar refractivity (Wildman–Crippen MR) is 148 cm³/mol. The van der Waals surface area contributed by atoms with E-state index in [9.17, 15) is 14.4 Å². The molecule has 3 aromatic carbocycles. The largest absolute Gasteiger partial charge is 0.448 e. The number of ether oxygens (including phenoxy) is 1. The van der Waals surface area contributed by atoms with Crippen LogP contribution in [-0.4, -0.2) is 39.9 Å². The smallest absolute Gasteiger partial charge is 0.356 e. The van der Waals surface area contributed by atoms with Crippen LogP contribution in [-0.2, 0) is 25.5 Å². The molecule has 3 aromatic rings. The van der Waals surface area contributed by atoms with Crippen LogP contribution >= 0.6 is 11.8 Å². The zero-order valence-electron chi connectivity index (χ0n) is 20.9. The molecule has 192 valence electrons. The molecule has 2 aliphatic heterocycles. The standard InChI is InChI=1S/C31H28N2O4S/c1-2-12-24-20-38-30-26(32-25(34)19-21-13-6-3-7-14-21)29(35)33(30)27(24)31(36)37-28(22-15-8-4-9-16-22)23-17-10-5-11-18-23/h2-18,26,28,30H,19-20H2,1H3,(H,32,34). The van der Waals surface area contributed by atoms with Gasteiger partial charge in [0.05, 0.1) is 6.42 Å². The lowest BCUT2D eigenvalue weighted by atomic mass is 10.00. The third-order valence-corrected chi connectivity index (χ3v) is 7.81. The molecule has 1 saturated heterocycles. The van der Waals surface area contributed by atoms with Crippen LogP contribution in [0, 0.1) is 0 Å². The topological polar surface area (TPSA) is 75.7 Å². The van der Waals surface area contributed by atoms with Crippen LogP contribution in [0.3, 0.4) is 0 Å². The number of benzene rings is 3. The summed E-state index contributed by atoms with van der Waals surface area (Å²) in [5.41, 5.74) is 3.51. The minimum atomic E-state index is -0.690. The van der Waals surface area contributed by atoms with E-state index in [1.54, 1.807) is 0 Å². The van der Waals surface area contributed by atoms with E-state index in [-0.39, 0.29) is 29.3 Å². The molecular formula is C31H28N2O4S. The van der Waals surface area contributed by atoms with Crippen LogP contribution in [0.25, 0.3) is 0 Å². The molecule has 0 spiro atoms. The van der Waals surface area contributed by atoms with E-state index in [0.717, 1.165) is 22.3 Å². The van der Waals surface area contributed by atoms with Crippen molar-refractivity contribution in [1.29, 1.82) is 0 Å². The Bertz CT molecular complexity index is 1330. The second-order valence-electron chi connectivity index (χ2n) is 9.10. The van der Waals surface area contributed by atoms with Crippen LogP contribution in [0.1, 0.15) is 29.7 Å². The van der Waals surface area contributed by atoms with Gasteiger partial charge in [-0.05, 0) is 29.2 Å². The Morgan fingerprint density at radius 3 is 2.13 bits per heavy atom. The number of allylic oxidation sites excluding steroid dienone is 2. The van der Waals surface area contributed by atoms with Crippen molar-refractivity contribution in [3.8, 4) is 0 Å². The molecule has 38 heavy (non-hydrogen) atoms. The number of rotatable bonds is 8. The van der Waals surface area contributed by atoms with Crippen molar-refractivity contribution in [3.63, 3.8) is 0 Å². The number of esters is 1. The SMILES string of the molecule is CC=CC1=C(C(=O)OC(c2ccccc2)c2ccccc2)N2C(=O)C(NC(=O)Cc3ccccc3)C2SC1. The van der Waals surface area contributed by atoms with E-state index in [1.165, 1.54) is 16.7 Å². The Kier molecular flexibility index (Phi) is 7.75. The summed E-state index contributed by atoms with van der Waals surface area (Å²) in [6.07, 6.45) is 3.25. The van der Waals surface area contributed by atoms with Gasteiger partial charge in [0.1, 0.15) is 17.1 Å². The van der Waals surface area contributed by atoms with Crippen molar-refractivity contribution in [2.24, 2.45) is 0 Å². The summed E-state index contributed by atoms with van der Waals surface area (Å²) in [4.78, 5) is 41.2. The summed E-state index contributed by atoms with van der Waals surface area (Å²) < 4.78 is 6.11. The zero-order valence-corrected chi connectivity index (χ0v) is 21.8. The highest BCUT2D eigenvalue weighted by molar-refractivity contribution is 8.00. The maximum Gasteiger partial charge on any atom is 0.356 e. The molecule has 0 aliphatic carbocycles. The molecule has 1 N–H and O–H groups in total. The highest BCUT2D eigenvalue weighted by atomic mass is 32.2. The minimum Gasteiger partial charge on any atom is -0.448 e. The van der Waals surface area contributed by atoms with Crippen LogP contribution in [0.15, 0.2) is 114 Å². The van der Waals surface area contributed by atoms with Gasteiger partial charge in [-0.3, -0.25) is 14.5 Å². The number of nitrogens with zero attached hydrogens (tertiary/aromatic N) is 1. The van der Waals surface area contributed by atoms with E-state index in [0.29, 0.717) is 5.75 Å². The van der Waals surface area contributed by atoms with Crippen molar-refractivity contribution < 1.29 is 19.1 Å². The summed E-state index contributed by atoms with van der Waals surface area (Å²) >= 11 is 1.53. The third-order valence-electron chi connectivity index (χ3n) is 6.51. The quantitative estimate of drug-likeness (QED) is 0.339. The molecule has 2 atom stereocenters. The number of hydrogen-bond acceptors (Lipinski definition) is 5. The number of fused-ring (bicyclic) bond motifs is 1. The van der Waals surface area contributed by atoms with Gasteiger partial charge < -0.3 is 10.1 Å². The average Bonchev–Trinajstić information content (AvgIpc) is 2.96. The number of β-lactam (4-membered cyclic amide) rings is 1. The second kappa shape index (κ2) is 11.5. The second-order valence-corrected chi connectivity index (χ2v) is 10.2. The highest BCUT2D eigenvalue weighted by Gasteiger charge is 2.54. The zero-order chi connectivity index (χ0) is 26.5. The van der Waals surface area contributed by atoms with E-state index in [2.05, 4.69) is 5.32 Å². The van der Waals surface area contributed by atoms with Crippen molar-refractivity contribution in [3.05, 3.63) is 131 Å². The third kappa shape index (κ3) is 5.29. The van der Waals surface area contributed by atoms with E-state index >= 15 is 0 Å². The maximum absolute atomic E-state index is 13.7. The molecule has 2 aliphatic rings. The summed E-state index contributed by atoms with van der Waals surface area (Å²) in [6.45, 7) is 1.87. The molecule has 0 saturated carbocycles. The number of hydrogen-bond donors (Lipinski definition) is 1. The summed E-state index contributed by atoms with van der Waals surface area (Å²) in [6, 6.07) is 27.8. The Hall–Kier alpha value is -4.10. The van der Waals surface area contributed by atoms with Crippen LogP contribution in [0.2, 0.25) is 0 Å². The number of carbonyl (C=O) groups excluding carboxylic acids is 3. The fraction of sp³-hybridized carbons (Fsp3) is 0.194. The molecule has 1 fully saturated rings. The van der Waals surface area contributed by atoms with Gasteiger partial charge in [0.2, 0.25) is 5.91 Å². The molecule has 0 bridgehead atoms. The first-order valence-electron chi connectivity index (χ1n) is 12.5. The predicted octanol–water partition coefficient (Wildman–Crippen LogP) is 4.79. The molecule has 2 amide bonds. The number of carbonyl (C=O) groups is 3. The molecule has 0 aromatic heterocycles. The Morgan fingerprint density at radius 1 is 0.974 bits per heavy atom. The molecule has 0 radical (unpaired) electrons. The summed E-state index contributed by atoms with van der Waals surface area (Å²) in [5, 5.41) is 2.50. The summed E-state index contributed by atoms with van der Waals surface area (Å²) in [5.74, 6) is -0.581. The van der Waals surface area contributed by atoms with Gasteiger partial charge in [-0.25, -0.2) is 4.79 Å². The van der Waals surface area contributed by atoms with Gasteiger partial charge >= 0.3 is 5.97 Å². The maximum atomic E-state index is 13.7. The van der Waals surface area contributed by atoms with Gasteiger partial charge in [-0.1, -0.05) is 103 Å². The fourth-order valence-corrected chi connectivity index (χ4v) is 6.03. The van der Waals surface area contributed by atoms with Gasteiger partial charge in [0, 0.05) is 5.75 Å². The van der Waals surface area contributed by atoms with Gasteiger partial charge in [0.25, 0.3) is 5.91 Å². The fourth-order valence-electron chi connectivity index (χ4n) is 4.71. The first-order chi connectivity index (χ1) is 18.6. The number of thioether (sulfide) groups is 1. The van der Waals surface area contributed by atoms with E-state index in [1.807, 2.05) is 110 Å². The summed E-state index contributed by atoms with van der Waals surface area (Å²) in [7, 11) is 0. The molecule has 2 unspecified atom stereocenters. The lowest BCUT2D eigenvalue weighted by molar-refractivity contribution is -0.154. The van der Waals surface area contributed by atoms with Gasteiger partial charge in [-0.2, -0.15) is 0 Å². The molecule has 7 heteroatoms. The normalized spacial score (nSPS) is 18.8. The first-order valence-corrected chi connectivity index (χ1v) is 13.6.